The summed E-state index contributed by atoms with van der Waals surface area (Å²) in [6.07, 6.45) is 13.6. The van der Waals surface area contributed by atoms with Gasteiger partial charge in [0.15, 0.2) is 0 Å². The maximum atomic E-state index is 10.4. The topological polar surface area (TPSA) is 67.9 Å². The van der Waals surface area contributed by atoms with Gasteiger partial charge in [-0.2, -0.15) is 0 Å². The number of hydrogen-bond acceptors (Lipinski definition) is 3. The van der Waals surface area contributed by atoms with Crippen LogP contribution in [0.15, 0.2) is 12.2 Å². The van der Waals surface area contributed by atoms with Crippen LogP contribution in [0.1, 0.15) is 98.8 Å². The van der Waals surface area contributed by atoms with Crippen molar-refractivity contribution < 1.29 is 5.11 Å². The molecule has 0 aliphatic heterocycles. The van der Waals surface area contributed by atoms with E-state index in [4.69, 9.17) is 10.8 Å². The molecule has 33 heavy (non-hydrogen) atoms. The first kappa shape index (κ1) is 23.8. The maximum Gasteiger partial charge on any atom is 0.0539 e. The van der Waals surface area contributed by atoms with E-state index in [0.717, 1.165) is 25.0 Å². The minimum absolute atomic E-state index is 0.105. The molecule has 0 aromatic carbocycles. The second-order valence-corrected chi connectivity index (χ2v) is 14.1. The highest BCUT2D eigenvalue weighted by Crippen LogP contribution is 2.77. The van der Waals surface area contributed by atoms with E-state index in [1.807, 2.05) is 6.21 Å². The van der Waals surface area contributed by atoms with E-state index in [1.165, 1.54) is 50.5 Å². The van der Waals surface area contributed by atoms with Crippen LogP contribution in [-0.4, -0.2) is 23.6 Å². The number of nitrogens with one attached hydrogen (secondary N) is 2. The van der Waals surface area contributed by atoms with Crippen molar-refractivity contribution in [3.05, 3.63) is 12.2 Å². The average Bonchev–Trinajstić information content (AvgIpc) is 3.17. The summed E-state index contributed by atoms with van der Waals surface area (Å²) in [6.45, 7) is 16.8. The molecular formula is C30H48N2O. The van der Waals surface area contributed by atoms with E-state index in [-0.39, 0.29) is 22.9 Å². The number of allylic oxidation sites excluding steroid dienone is 1. The van der Waals surface area contributed by atoms with E-state index < -0.39 is 0 Å². The predicted molar refractivity (Wildman–Crippen MR) is 137 cm³/mol. The van der Waals surface area contributed by atoms with Crippen LogP contribution in [0.5, 0.6) is 0 Å². The molecule has 5 aliphatic carbocycles. The van der Waals surface area contributed by atoms with Gasteiger partial charge in [-0.05, 0) is 117 Å². The lowest BCUT2D eigenvalue weighted by molar-refractivity contribution is -0.224. The number of fused-ring (bicyclic) bond motifs is 7. The first-order valence-corrected chi connectivity index (χ1v) is 13.8. The Labute approximate surface area is 202 Å². The molecule has 0 heterocycles. The van der Waals surface area contributed by atoms with Crippen molar-refractivity contribution in [3.8, 4) is 0 Å². The summed E-state index contributed by atoms with van der Waals surface area (Å²) in [5, 5.41) is 27.6. The zero-order chi connectivity index (χ0) is 24.0. The van der Waals surface area contributed by atoms with Crippen LogP contribution < -0.4 is 0 Å². The fourth-order valence-electron chi connectivity index (χ4n) is 11.3. The lowest BCUT2D eigenvalue weighted by Crippen LogP contribution is -2.67. The zero-order valence-electron chi connectivity index (χ0n) is 21.9. The van der Waals surface area contributed by atoms with Crippen molar-refractivity contribution in [1.29, 1.82) is 10.8 Å². The molecule has 5 aliphatic rings. The molecule has 10 atom stereocenters. The van der Waals surface area contributed by atoms with Crippen LogP contribution in [0, 0.1) is 67.5 Å². The average molecular weight is 453 g/mol. The SMILES string of the molecule is C=C(C)[C@@H]1CC[C@]2(C=N)CC[C@]3(C)[C@H](CC[C@@H]4[C@@]5(C)CCC(=N)[C@](C)(CO)[C@@H]5CC[C@]43C)[C@@H]12. The van der Waals surface area contributed by atoms with Gasteiger partial charge in [-0.3, -0.25) is 0 Å². The van der Waals surface area contributed by atoms with Gasteiger partial charge in [0.1, 0.15) is 0 Å². The predicted octanol–water partition coefficient (Wildman–Crippen LogP) is 7.29. The maximum absolute atomic E-state index is 10.4. The molecule has 3 N–H and O–H groups in total. The standard InChI is InChI=1S/C30H48N2O/c1-19(2)20-9-14-30(17-31)16-15-28(5)21(25(20)30)7-8-23-26(3)12-11-24(32)27(4,18-33)22(26)10-13-29(23,28)6/h17,20-23,25,31-33H,1,7-16,18H2,2-6H3/t20-,21+,22+,23+,25+,26-,27+,28+,29+,30+/m0/s1. The smallest absolute Gasteiger partial charge is 0.0539 e. The summed E-state index contributed by atoms with van der Waals surface area (Å²) >= 11 is 0. The van der Waals surface area contributed by atoms with Crippen LogP contribution >= 0.6 is 0 Å². The van der Waals surface area contributed by atoms with E-state index in [1.54, 1.807) is 0 Å². The fraction of sp³-hybridized carbons (Fsp3) is 0.867. The molecule has 5 fully saturated rings. The third-order valence-electron chi connectivity index (χ3n) is 13.4. The first-order valence-electron chi connectivity index (χ1n) is 13.8. The van der Waals surface area contributed by atoms with Crippen LogP contribution in [-0.2, 0) is 0 Å². The highest BCUT2D eigenvalue weighted by atomic mass is 16.3. The third kappa shape index (κ3) is 2.72. The van der Waals surface area contributed by atoms with E-state index in [0.29, 0.717) is 40.4 Å². The van der Waals surface area contributed by atoms with Gasteiger partial charge >= 0.3 is 0 Å². The van der Waals surface area contributed by atoms with Crippen LogP contribution in [0.2, 0.25) is 0 Å². The van der Waals surface area contributed by atoms with Crippen LogP contribution in [0.3, 0.4) is 0 Å². The fourth-order valence-corrected chi connectivity index (χ4v) is 11.3. The molecule has 0 saturated heterocycles. The summed E-state index contributed by atoms with van der Waals surface area (Å²) in [6, 6.07) is 0. The minimum atomic E-state index is -0.343. The van der Waals surface area contributed by atoms with Crippen molar-refractivity contribution >= 4 is 11.9 Å². The lowest BCUT2D eigenvalue weighted by atomic mass is 9.32. The van der Waals surface area contributed by atoms with Gasteiger partial charge in [0.05, 0.1) is 6.61 Å². The molecule has 0 aromatic rings. The Morgan fingerprint density at radius 3 is 2.33 bits per heavy atom. The Balaban J connectivity index is 1.56. The molecule has 5 rings (SSSR count). The van der Waals surface area contributed by atoms with Gasteiger partial charge < -0.3 is 15.9 Å². The van der Waals surface area contributed by atoms with Crippen molar-refractivity contribution in [2.45, 2.75) is 98.8 Å². The number of hydrogen-bond donors (Lipinski definition) is 3. The van der Waals surface area contributed by atoms with Gasteiger partial charge in [-0.1, -0.05) is 39.8 Å². The molecule has 0 radical (unpaired) electrons. The molecule has 0 unspecified atom stereocenters. The quantitative estimate of drug-likeness (QED) is 0.305. The highest BCUT2D eigenvalue weighted by molar-refractivity contribution is 5.88. The van der Waals surface area contributed by atoms with Crippen LogP contribution in [0.4, 0.5) is 0 Å². The number of rotatable bonds is 3. The summed E-state index contributed by atoms with van der Waals surface area (Å²) in [5.41, 5.74) is 2.72. The van der Waals surface area contributed by atoms with Crippen molar-refractivity contribution in [2.75, 3.05) is 6.61 Å². The van der Waals surface area contributed by atoms with Gasteiger partial charge in [0, 0.05) is 22.8 Å². The molecular weight excluding hydrogens is 404 g/mol. The Kier molecular flexibility index (Phi) is 5.24. The summed E-state index contributed by atoms with van der Waals surface area (Å²) in [5.74, 6) is 2.95. The third-order valence-corrected chi connectivity index (χ3v) is 13.4. The lowest BCUT2D eigenvalue weighted by Gasteiger charge is -2.72. The zero-order valence-corrected chi connectivity index (χ0v) is 21.9. The van der Waals surface area contributed by atoms with Gasteiger partial charge in [-0.15, -0.1) is 0 Å². The molecule has 0 spiro atoms. The molecule has 3 nitrogen and oxygen atoms in total. The Morgan fingerprint density at radius 1 is 0.970 bits per heavy atom. The summed E-state index contributed by atoms with van der Waals surface area (Å²) < 4.78 is 0. The van der Waals surface area contributed by atoms with Gasteiger partial charge in [-0.25, -0.2) is 0 Å². The monoisotopic (exact) mass is 452 g/mol. The molecule has 0 aromatic heterocycles. The van der Waals surface area contributed by atoms with E-state index in [2.05, 4.69) is 41.2 Å². The van der Waals surface area contributed by atoms with Crippen molar-refractivity contribution in [3.63, 3.8) is 0 Å². The Hall–Kier alpha value is -0.960. The normalized spacial score (nSPS) is 55.7. The largest absolute Gasteiger partial charge is 0.395 e. The van der Waals surface area contributed by atoms with Crippen molar-refractivity contribution in [1.82, 2.24) is 0 Å². The minimum Gasteiger partial charge on any atom is -0.395 e. The van der Waals surface area contributed by atoms with Gasteiger partial charge in [0.25, 0.3) is 0 Å². The molecule has 5 saturated carbocycles. The van der Waals surface area contributed by atoms with Crippen molar-refractivity contribution in [2.24, 2.45) is 56.7 Å². The molecule has 184 valence electrons. The van der Waals surface area contributed by atoms with Crippen LogP contribution in [0.25, 0.3) is 0 Å². The van der Waals surface area contributed by atoms with Gasteiger partial charge in [0.2, 0.25) is 0 Å². The van der Waals surface area contributed by atoms with E-state index in [9.17, 15) is 5.11 Å². The number of aliphatic hydroxyl groups excluding tert-OH is 1. The highest BCUT2D eigenvalue weighted by Gasteiger charge is 2.70. The molecule has 3 heteroatoms. The Morgan fingerprint density at radius 2 is 1.70 bits per heavy atom. The first-order chi connectivity index (χ1) is 15.4. The summed E-state index contributed by atoms with van der Waals surface area (Å²) in [4.78, 5) is 0. The molecule has 0 bridgehead atoms. The molecule has 0 amide bonds. The summed E-state index contributed by atoms with van der Waals surface area (Å²) in [7, 11) is 0. The second-order valence-electron chi connectivity index (χ2n) is 14.1. The second kappa shape index (κ2) is 7.28. The van der Waals surface area contributed by atoms with E-state index >= 15 is 0 Å². The Bertz CT molecular complexity index is 881. The number of aliphatic hydroxyl groups is 1.